The van der Waals surface area contributed by atoms with Gasteiger partial charge in [-0.05, 0) is 43.2 Å². The molecular weight excluding hydrogens is 341 g/mol. The van der Waals surface area contributed by atoms with Crippen LogP contribution in [0.15, 0.2) is 48.5 Å². The van der Waals surface area contributed by atoms with Gasteiger partial charge in [0.25, 0.3) is 0 Å². The van der Waals surface area contributed by atoms with E-state index in [0.29, 0.717) is 30.7 Å². The van der Waals surface area contributed by atoms with Crippen molar-refractivity contribution in [2.45, 2.75) is 25.5 Å². The Bertz CT molecular complexity index is 793. The van der Waals surface area contributed by atoms with E-state index in [1.165, 1.54) is 11.0 Å². The fourth-order valence-electron chi connectivity index (χ4n) is 2.78. The van der Waals surface area contributed by atoms with Crippen molar-refractivity contribution in [3.8, 4) is 11.5 Å². The van der Waals surface area contributed by atoms with E-state index in [9.17, 15) is 14.0 Å². The third-order valence-electron chi connectivity index (χ3n) is 4.15. The third kappa shape index (κ3) is 4.11. The summed E-state index contributed by atoms with van der Waals surface area (Å²) in [5.74, 6) is -0.588. The van der Waals surface area contributed by atoms with Crippen LogP contribution in [0.3, 0.4) is 0 Å². The number of carbonyl (C=O) groups excluding carboxylic acids is 1. The fourth-order valence-corrected chi connectivity index (χ4v) is 2.78. The third-order valence-corrected chi connectivity index (χ3v) is 4.15. The van der Waals surface area contributed by atoms with E-state index in [0.717, 1.165) is 0 Å². The molecule has 0 aliphatic carbocycles. The van der Waals surface area contributed by atoms with Crippen molar-refractivity contribution in [2.75, 3.05) is 6.54 Å². The van der Waals surface area contributed by atoms with Gasteiger partial charge in [0.1, 0.15) is 30.0 Å². The van der Waals surface area contributed by atoms with Crippen molar-refractivity contribution >= 4 is 12.1 Å². The highest BCUT2D eigenvalue weighted by molar-refractivity contribution is 5.81. The molecule has 2 aromatic rings. The van der Waals surface area contributed by atoms with Gasteiger partial charge in [-0.25, -0.2) is 14.0 Å². The van der Waals surface area contributed by atoms with Crippen molar-refractivity contribution in [3.63, 3.8) is 0 Å². The Morgan fingerprint density at radius 2 is 1.81 bits per heavy atom. The molecule has 136 valence electrons. The molecule has 26 heavy (non-hydrogen) atoms. The first-order valence-corrected chi connectivity index (χ1v) is 8.22. The van der Waals surface area contributed by atoms with Crippen LogP contribution >= 0.6 is 0 Å². The Morgan fingerprint density at radius 1 is 1.12 bits per heavy atom. The maximum Gasteiger partial charge on any atom is 0.415 e. The molecule has 1 aliphatic heterocycles. The highest BCUT2D eigenvalue weighted by atomic mass is 19.1. The molecule has 1 aliphatic rings. The van der Waals surface area contributed by atoms with E-state index in [1.54, 1.807) is 42.5 Å². The summed E-state index contributed by atoms with van der Waals surface area (Å²) in [6.07, 6.45) is 0.372. The maximum atomic E-state index is 13.6. The van der Waals surface area contributed by atoms with Crippen molar-refractivity contribution in [1.82, 2.24) is 4.90 Å². The zero-order chi connectivity index (χ0) is 18.5. The summed E-state index contributed by atoms with van der Waals surface area (Å²) < 4.78 is 24.3. The van der Waals surface area contributed by atoms with Crippen molar-refractivity contribution in [2.24, 2.45) is 0 Å². The molecule has 3 rings (SSSR count). The van der Waals surface area contributed by atoms with Gasteiger partial charge in [-0.15, -0.1) is 0 Å². The van der Waals surface area contributed by atoms with E-state index in [1.807, 2.05) is 0 Å². The number of hydrogen-bond donors (Lipinski definition) is 1. The van der Waals surface area contributed by atoms with Gasteiger partial charge in [0.15, 0.2) is 0 Å². The number of carbonyl (C=O) groups is 2. The van der Waals surface area contributed by atoms with Gasteiger partial charge in [-0.2, -0.15) is 0 Å². The standard InChI is InChI=1S/C19H18FNO5/c20-16-5-2-1-4-13(16)12-25-14-7-9-15(10-8-14)26-19(24)21-11-3-6-17(21)18(22)23/h1-2,4-5,7-10,17H,3,6,11-12H2,(H,22,23). The van der Waals surface area contributed by atoms with Crippen molar-refractivity contribution in [3.05, 3.63) is 59.9 Å². The zero-order valence-corrected chi connectivity index (χ0v) is 13.9. The smallest absolute Gasteiger partial charge is 0.415 e. The van der Waals surface area contributed by atoms with E-state index >= 15 is 0 Å². The predicted octanol–water partition coefficient (Wildman–Crippen LogP) is 3.45. The minimum absolute atomic E-state index is 0.0832. The predicted molar refractivity (Wildman–Crippen MR) is 90.6 cm³/mol. The van der Waals surface area contributed by atoms with E-state index in [-0.39, 0.29) is 18.2 Å². The Morgan fingerprint density at radius 3 is 2.50 bits per heavy atom. The molecule has 1 atom stereocenters. The number of rotatable bonds is 5. The minimum Gasteiger partial charge on any atom is -0.489 e. The van der Waals surface area contributed by atoms with Crippen LogP contribution in [0.1, 0.15) is 18.4 Å². The molecule has 6 nitrogen and oxygen atoms in total. The lowest BCUT2D eigenvalue weighted by atomic mass is 10.2. The first kappa shape index (κ1) is 17.7. The zero-order valence-electron chi connectivity index (χ0n) is 13.9. The van der Waals surface area contributed by atoms with Crippen LogP contribution < -0.4 is 9.47 Å². The summed E-state index contributed by atoms with van der Waals surface area (Å²) in [4.78, 5) is 24.5. The van der Waals surface area contributed by atoms with Gasteiger partial charge < -0.3 is 14.6 Å². The molecule has 0 radical (unpaired) electrons. The summed E-state index contributed by atoms with van der Waals surface area (Å²) >= 11 is 0. The number of ether oxygens (including phenoxy) is 2. The Balaban J connectivity index is 1.57. The lowest BCUT2D eigenvalue weighted by Crippen LogP contribution is -2.41. The molecule has 1 N–H and O–H groups in total. The average molecular weight is 359 g/mol. The summed E-state index contributed by atoms with van der Waals surface area (Å²) in [6, 6.07) is 11.8. The molecule has 0 saturated carbocycles. The van der Waals surface area contributed by atoms with Crippen LogP contribution in [-0.4, -0.2) is 34.7 Å². The number of carboxylic acid groups (broad SMARTS) is 1. The molecule has 0 spiro atoms. The van der Waals surface area contributed by atoms with Gasteiger partial charge in [-0.1, -0.05) is 18.2 Å². The van der Waals surface area contributed by atoms with Gasteiger partial charge in [0.2, 0.25) is 0 Å². The van der Waals surface area contributed by atoms with Gasteiger partial charge in [-0.3, -0.25) is 4.90 Å². The largest absolute Gasteiger partial charge is 0.489 e. The van der Waals surface area contributed by atoms with Gasteiger partial charge >= 0.3 is 12.1 Å². The minimum atomic E-state index is -1.03. The second-order valence-electron chi connectivity index (χ2n) is 5.91. The van der Waals surface area contributed by atoms with Crippen LogP contribution in [0.2, 0.25) is 0 Å². The second kappa shape index (κ2) is 7.86. The van der Waals surface area contributed by atoms with Crippen LogP contribution in [0.25, 0.3) is 0 Å². The lowest BCUT2D eigenvalue weighted by Gasteiger charge is -2.20. The monoisotopic (exact) mass is 359 g/mol. The summed E-state index contributed by atoms with van der Waals surface area (Å²) in [5.41, 5.74) is 0.441. The van der Waals surface area contributed by atoms with E-state index in [2.05, 4.69) is 0 Å². The number of hydrogen-bond acceptors (Lipinski definition) is 4. The van der Waals surface area contributed by atoms with Crippen LogP contribution in [-0.2, 0) is 11.4 Å². The SMILES string of the molecule is O=C(O)C1CCCN1C(=O)Oc1ccc(OCc2ccccc2F)cc1. The van der Waals surface area contributed by atoms with Crippen molar-refractivity contribution in [1.29, 1.82) is 0 Å². The molecule has 2 aromatic carbocycles. The number of aliphatic carboxylic acids is 1. The van der Waals surface area contributed by atoms with E-state index in [4.69, 9.17) is 14.6 Å². The molecule has 1 unspecified atom stereocenters. The average Bonchev–Trinajstić information content (AvgIpc) is 3.12. The van der Waals surface area contributed by atoms with Crippen LogP contribution in [0, 0.1) is 5.82 Å². The topological polar surface area (TPSA) is 76.1 Å². The van der Waals surface area contributed by atoms with E-state index < -0.39 is 18.1 Å². The number of carboxylic acids is 1. The molecule has 1 amide bonds. The summed E-state index contributed by atoms with van der Waals surface area (Å²) in [5, 5.41) is 9.11. The number of nitrogens with zero attached hydrogens (tertiary/aromatic N) is 1. The number of halogens is 1. The first-order chi connectivity index (χ1) is 12.5. The Kier molecular flexibility index (Phi) is 5.36. The van der Waals surface area contributed by atoms with Crippen LogP contribution in [0.4, 0.5) is 9.18 Å². The molecule has 1 fully saturated rings. The molecule has 0 bridgehead atoms. The lowest BCUT2D eigenvalue weighted by molar-refractivity contribution is -0.141. The molecular formula is C19H18FNO5. The highest BCUT2D eigenvalue weighted by Gasteiger charge is 2.35. The van der Waals surface area contributed by atoms with Gasteiger partial charge in [0, 0.05) is 12.1 Å². The fraction of sp³-hybridized carbons (Fsp3) is 0.263. The summed E-state index contributed by atoms with van der Waals surface area (Å²) in [6.45, 7) is 0.444. The normalized spacial score (nSPS) is 16.3. The molecule has 1 saturated heterocycles. The van der Waals surface area contributed by atoms with Gasteiger partial charge in [0.05, 0.1) is 0 Å². The van der Waals surface area contributed by atoms with Crippen molar-refractivity contribution < 1.29 is 28.6 Å². The number of amides is 1. The first-order valence-electron chi connectivity index (χ1n) is 8.22. The highest BCUT2D eigenvalue weighted by Crippen LogP contribution is 2.22. The second-order valence-corrected chi connectivity index (χ2v) is 5.91. The summed E-state index contributed by atoms with van der Waals surface area (Å²) in [7, 11) is 0. The molecule has 0 aromatic heterocycles. The maximum absolute atomic E-state index is 13.6. The Labute approximate surface area is 149 Å². The number of benzene rings is 2. The quantitative estimate of drug-likeness (QED) is 0.885. The number of likely N-dealkylation sites (tertiary alicyclic amines) is 1. The molecule has 1 heterocycles. The van der Waals surface area contributed by atoms with Crippen LogP contribution in [0.5, 0.6) is 11.5 Å². The Hall–Kier alpha value is -3.09. The molecule has 7 heteroatoms.